The second-order valence-corrected chi connectivity index (χ2v) is 3.36. The summed E-state index contributed by atoms with van der Waals surface area (Å²) in [6.45, 7) is 7.49. The fraction of sp³-hybridized carbons (Fsp3) is 0.909. The summed E-state index contributed by atoms with van der Waals surface area (Å²) in [4.78, 5) is 0. The van der Waals surface area contributed by atoms with Crippen LogP contribution in [-0.4, -0.2) is 6.54 Å². The van der Waals surface area contributed by atoms with Crippen molar-refractivity contribution in [1.82, 2.24) is 5.32 Å². The van der Waals surface area contributed by atoms with Crippen molar-refractivity contribution in [2.45, 2.75) is 58.8 Å². The Morgan fingerprint density at radius 2 is 1.50 bits per heavy atom. The van der Waals surface area contributed by atoms with Crippen LogP contribution in [0.5, 0.6) is 0 Å². The molecule has 73 valence electrons. The molecule has 1 nitrogen and oxygen atoms in total. The van der Waals surface area contributed by atoms with Crippen molar-refractivity contribution < 1.29 is 0 Å². The molecule has 0 unspecified atom stereocenters. The smallest absolute Gasteiger partial charge is 0.0190 e. The van der Waals surface area contributed by atoms with E-state index in [1.165, 1.54) is 44.9 Å². The van der Waals surface area contributed by atoms with Crippen molar-refractivity contribution in [3.05, 3.63) is 6.54 Å². The van der Waals surface area contributed by atoms with Crippen LogP contribution in [0.2, 0.25) is 0 Å². The first-order chi connectivity index (χ1) is 5.91. The van der Waals surface area contributed by atoms with E-state index < -0.39 is 0 Å². The zero-order valence-corrected chi connectivity index (χ0v) is 8.73. The van der Waals surface area contributed by atoms with Crippen LogP contribution in [0.25, 0.3) is 0 Å². The Kier molecular flexibility index (Phi) is 10.9. The Hall–Kier alpha value is -0.0400. The van der Waals surface area contributed by atoms with Crippen LogP contribution in [0.3, 0.4) is 0 Å². The van der Waals surface area contributed by atoms with E-state index in [1.807, 2.05) is 13.5 Å². The Morgan fingerprint density at radius 1 is 0.917 bits per heavy atom. The molecule has 0 saturated carbocycles. The van der Waals surface area contributed by atoms with Crippen LogP contribution in [0, 0.1) is 6.54 Å². The van der Waals surface area contributed by atoms with Gasteiger partial charge in [0.2, 0.25) is 0 Å². The lowest BCUT2D eigenvalue weighted by Gasteiger charge is -2.01. The molecular weight excluding hydrogens is 146 g/mol. The highest BCUT2D eigenvalue weighted by atomic mass is 14.8. The molecule has 0 aliphatic heterocycles. The van der Waals surface area contributed by atoms with E-state index in [4.69, 9.17) is 0 Å². The highest BCUT2D eigenvalue weighted by molar-refractivity contribution is 4.53. The average molecular weight is 170 g/mol. The highest BCUT2D eigenvalue weighted by Crippen LogP contribution is 2.06. The minimum atomic E-state index is 1.16. The monoisotopic (exact) mass is 170 g/mol. The summed E-state index contributed by atoms with van der Waals surface area (Å²) in [6.07, 6.45) is 9.78. The first-order valence-corrected chi connectivity index (χ1v) is 5.43. The molecule has 0 aliphatic rings. The lowest BCUT2D eigenvalue weighted by molar-refractivity contribution is 0.578. The van der Waals surface area contributed by atoms with Gasteiger partial charge in [-0.15, -0.1) is 0 Å². The predicted molar refractivity (Wildman–Crippen MR) is 56.0 cm³/mol. The van der Waals surface area contributed by atoms with Crippen LogP contribution in [0.1, 0.15) is 58.8 Å². The van der Waals surface area contributed by atoms with E-state index in [0.717, 1.165) is 6.54 Å². The van der Waals surface area contributed by atoms with Crippen LogP contribution in [0.15, 0.2) is 0 Å². The van der Waals surface area contributed by atoms with E-state index >= 15 is 0 Å². The standard InChI is InChI=1S/C11H24N/c1-3-5-6-7-8-9-10-11-12-4-2/h4,12H,3,5-11H2,1-2H3. The molecule has 0 aromatic carbocycles. The van der Waals surface area contributed by atoms with Crippen LogP contribution in [0.4, 0.5) is 0 Å². The van der Waals surface area contributed by atoms with Gasteiger partial charge in [-0.2, -0.15) is 0 Å². The summed E-state index contributed by atoms with van der Waals surface area (Å²) >= 11 is 0. The second kappa shape index (κ2) is 11.0. The highest BCUT2D eigenvalue weighted by Gasteiger charge is 1.89. The number of unbranched alkanes of at least 4 members (excludes halogenated alkanes) is 6. The predicted octanol–water partition coefficient (Wildman–Crippen LogP) is 3.51. The molecule has 12 heavy (non-hydrogen) atoms. The van der Waals surface area contributed by atoms with Gasteiger partial charge < -0.3 is 5.32 Å². The molecule has 0 rings (SSSR count). The van der Waals surface area contributed by atoms with Crippen molar-refractivity contribution in [2.24, 2.45) is 0 Å². The number of nitrogens with one attached hydrogen (secondary N) is 1. The van der Waals surface area contributed by atoms with Crippen molar-refractivity contribution in [3.8, 4) is 0 Å². The Bertz CT molecular complexity index is 61.4. The molecule has 0 spiro atoms. The van der Waals surface area contributed by atoms with Gasteiger partial charge in [-0.3, -0.25) is 0 Å². The van der Waals surface area contributed by atoms with Gasteiger partial charge in [0.25, 0.3) is 0 Å². The molecule has 0 aromatic rings. The third-order valence-corrected chi connectivity index (χ3v) is 2.13. The largest absolute Gasteiger partial charge is 0.313 e. The molecule has 0 aromatic heterocycles. The van der Waals surface area contributed by atoms with Crippen LogP contribution < -0.4 is 5.32 Å². The summed E-state index contributed by atoms with van der Waals surface area (Å²) < 4.78 is 0. The Morgan fingerprint density at radius 3 is 2.08 bits per heavy atom. The van der Waals surface area contributed by atoms with E-state index in [1.54, 1.807) is 0 Å². The molecule has 1 N–H and O–H groups in total. The fourth-order valence-electron chi connectivity index (χ4n) is 1.33. The average Bonchev–Trinajstić information content (AvgIpc) is 2.10. The van der Waals surface area contributed by atoms with Crippen LogP contribution >= 0.6 is 0 Å². The molecule has 0 heterocycles. The van der Waals surface area contributed by atoms with E-state index in [9.17, 15) is 0 Å². The number of rotatable bonds is 9. The van der Waals surface area contributed by atoms with Gasteiger partial charge in [-0.05, 0) is 19.9 Å². The normalized spacial score (nSPS) is 10.5. The summed E-state index contributed by atoms with van der Waals surface area (Å²) in [5.41, 5.74) is 0. The van der Waals surface area contributed by atoms with E-state index in [2.05, 4.69) is 12.2 Å². The van der Waals surface area contributed by atoms with Gasteiger partial charge in [0.05, 0.1) is 0 Å². The Labute approximate surface area is 77.9 Å². The molecular formula is C11H24N. The van der Waals surface area contributed by atoms with E-state index in [-0.39, 0.29) is 0 Å². The maximum absolute atomic E-state index is 3.23. The molecule has 0 amide bonds. The van der Waals surface area contributed by atoms with Crippen molar-refractivity contribution in [3.63, 3.8) is 0 Å². The first-order valence-electron chi connectivity index (χ1n) is 5.43. The van der Waals surface area contributed by atoms with Crippen molar-refractivity contribution in [1.29, 1.82) is 0 Å². The number of hydrogen-bond acceptors (Lipinski definition) is 1. The minimum Gasteiger partial charge on any atom is -0.313 e. The summed E-state index contributed by atoms with van der Waals surface area (Å²) in [5, 5.41) is 3.23. The second-order valence-electron chi connectivity index (χ2n) is 3.36. The molecule has 1 radical (unpaired) electrons. The summed E-state index contributed by atoms with van der Waals surface area (Å²) in [5.74, 6) is 0. The van der Waals surface area contributed by atoms with Gasteiger partial charge >= 0.3 is 0 Å². The molecule has 0 aliphatic carbocycles. The zero-order valence-electron chi connectivity index (χ0n) is 8.73. The molecule has 0 bridgehead atoms. The zero-order chi connectivity index (χ0) is 9.07. The molecule has 0 saturated heterocycles. The molecule has 0 fully saturated rings. The Balaban J connectivity index is 2.73. The van der Waals surface area contributed by atoms with Gasteiger partial charge in [0.15, 0.2) is 0 Å². The van der Waals surface area contributed by atoms with Crippen LogP contribution in [-0.2, 0) is 0 Å². The quantitative estimate of drug-likeness (QED) is 0.522. The lowest BCUT2D eigenvalue weighted by Crippen LogP contribution is -2.08. The molecule has 0 atom stereocenters. The number of hydrogen-bond donors (Lipinski definition) is 1. The van der Waals surface area contributed by atoms with Gasteiger partial charge in [-0.1, -0.05) is 45.4 Å². The summed E-state index contributed by atoms with van der Waals surface area (Å²) in [6, 6.07) is 0. The maximum Gasteiger partial charge on any atom is 0.0190 e. The fourth-order valence-corrected chi connectivity index (χ4v) is 1.33. The lowest BCUT2D eigenvalue weighted by atomic mass is 10.1. The topological polar surface area (TPSA) is 12.0 Å². The third kappa shape index (κ3) is 9.96. The summed E-state index contributed by atoms with van der Waals surface area (Å²) in [7, 11) is 0. The van der Waals surface area contributed by atoms with Gasteiger partial charge in [0.1, 0.15) is 0 Å². The third-order valence-electron chi connectivity index (χ3n) is 2.13. The molecule has 1 heteroatoms. The first kappa shape index (κ1) is 12.0. The van der Waals surface area contributed by atoms with Crippen molar-refractivity contribution >= 4 is 0 Å². The van der Waals surface area contributed by atoms with Gasteiger partial charge in [-0.25, -0.2) is 0 Å². The SMILES string of the molecule is C[CH]NCCCCCCCCC. The minimum absolute atomic E-state index is 1.16. The van der Waals surface area contributed by atoms with Crippen molar-refractivity contribution in [2.75, 3.05) is 6.54 Å². The van der Waals surface area contributed by atoms with Gasteiger partial charge in [0, 0.05) is 6.54 Å². The van der Waals surface area contributed by atoms with E-state index in [0.29, 0.717) is 0 Å². The maximum atomic E-state index is 3.23.